The number of H-pyrrole nitrogens is 2. The highest BCUT2D eigenvalue weighted by atomic mass is 35.5. The van der Waals surface area contributed by atoms with Crippen LogP contribution in [0, 0.1) is 0 Å². The molecule has 1 aromatic carbocycles. The van der Waals surface area contributed by atoms with Crippen molar-refractivity contribution in [3.8, 4) is 0 Å². The van der Waals surface area contributed by atoms with Crippen molar-refractivity contribution in [2.45, 2.75) is 31.7 Å². The van der Waals surface area contributed by atoms with Crippen LogP contribution < -0.4 is 16.5 Å². The third-order valence-electron chi connectivity index (χ3n) is 5.54. The van der Waals surface area contributed by atoms with Crippen LogP contribution in [0.5, 0.6) is 0 Å². The van der Waals surface area contributed by atoms with Crippen molar-refractivity contribution >= 4 is 33.4 Å². The highest BCUT2D eigenvalue weighted by Crippen LogP contribution is 2.38. The van der Waals surface area contributed by atoms with Crippen molar-refractivity contribution in [1.82, 2.24) is 14.8 Å². The van der Waals surface area contributed by atoms with Gasteiger partial charge < -0.3 is 4.98 Å². The zero-order chi connectivity index (χ0) is 18.7. The Kier molecular flexibility index (Phi) is 3.52. The minimum Gasteiger partial charge on any atom is -0.350 e. The largest absolute Gasteiger partial charge is 0.350 e. The van der Waals surface area contributed by atoms with Crippen LogP contribution in [0.1, 0.15) is 31.7 Å². The van der Waals surface area contributed by atoms with Crippen LogP contribution in [-0.4, -0.2) is 14.8 Å². The molecular formula is C20H16ClN3O3. The van der Waals surface area contributed by atoms with Gasteiger partial charge in [0.1, 0.15) is 10.9 Å². The number of benzene rings is 1. The van der Waals surface area contributed by atoms with E-state index in [4.69, 9.17) is 11.6 Å². The Morgan fingerprint density at radius 3 is 2.89 bits per heavy atom. The normalized spacial score (nSPS) is 19.2. The first-order valence-corrected chi connectivity index (χ1v) is 9.31. The third kappa shape index (κ3) is 2.36. The van der Waals surface area contributed by atoms with Gasteiger partial charge in [-0.15, -0.1) is 0 Å². The van der Waals surface area contributed by atoms with E-state index in [-0.39, 0.29) is 16.9 Å². The van der Waals surface area contributed by atoms with Gasteiger partial charge >= 0.3 is 0 Å². The topological polar surface area (TPSA) is 87.7 Å². The van der Waals surface area contributed by atoms with Gasteiger partial charge in [-0.05, 0) is 49.5 Å². The van der Waals surface area contributed by atoms with Crippen LogP contribution in [0.4, 0.5) is 0 Å². The molecule has 2 aromatic heterocycles. The maximum absolute atomic E-state index is 13.2. The summed E-state index contributed by atoms with van der Waals surface area (Å²) in [6, 6.07) is 4.50. The SMILES string of the molecule is O=c1[nH]n(C2CCCC3=C2C=CC3)c(=O)c2c(=O)c3ccc(Cl)cc3[nH]c12. The number of halogens is 1. The van der Waals surface area contributed by atoms with Crippen molar-refractivity contribution in [3.63, 3.8) is 0 Å². The van der Waals surface area contributed by atoms with E-state index in [0.717, 1.165) is 31.3 Å². The smallest absolute Gasteiger partial charge is 0.287 e. The molecule has 0 saturated carbocycles. The number of pyridine rings is 1. The molecule has 3 aromatic rings. The number of hydrogen-bond acceptors (Lipinski definition) is 3. The van der Waals surface area contributed by atoms with Gasteiger partial charge in [0, 0.05) is 10.4 Å². The second-order valence-corrected chi connectivity index (χ2v) is 7.52. The summed E-state index contributed by atoms with van der Waals surface area (Å²) in [5.41, 5.74) is 1.41. The second kappa shape index (κ2) is 5.82. The van der Waals surface area contributed by atoms with Gasteiger partial charge in [-0.25, -0.2) is 4.68 Å². The Bertz CT molecular complexity index is 1360. The Labute approximate surface area is 157 Å². The molecule has 1 unspecified atom stereocenters. The fourth-order valence-electron chi connectivity index (χ4n) is 4.28. The molecule has 2 aliphatic carbocycles. The zero-order valence-electron chi connectivity index (χ0n) is 14.3. The lowest BCUT2D eigenvalue weighted by molar-refractivity contribution is 0.431. The monoisotopic (exact) mass is 381 g/mol. The summed E-state index contributed by atoms with van der Waals surface area (Å²) in [7, 11) is 0. The number of aromatic nitrogens is 3. The van der Waals surface area contributed by atoms with Crippen molar-refractivity contribution in [1.29, 1.82) is 0 Å². The molecular weight excluding hydrogens is 366 g/mol. The summed E-state index contributed by atoms with van der Waals surface area (Å²) < 4.78 is 1.34. The minimum atomic E-state index is -0.488. The molecule has 0 bridgehead atoms. The number of allylic oxidation sites excluding steroid dienone is 4. The van der Waals surface area contributed by atoms with Gasteiger partial charge in [0.05, 0.1) is 11.6 Å². The van der Waals surface area contributed by atoms with Gasteiger partial charge in [-0.2, -0.15) is 0 Å². The molecule has 7 heteroatoms. The van der Waals surface area contributed by atoms with Gasteiger partial charge in [-0.3, -0.25) is 19.5 Å². The highest BCUT2D eigenvalue weighted by molar-refractivity contribution is 6.31. The zero-order valence-corrected chi connectivity index (χ0v) is 15.1. The van der Waals surface area contributed by atoms with Crippen LogP contribution in [0.15, 0.2) is 55.9 Å². The molecule has 27 heavy (non-hydrogen) atoms. The van der Waals surface area contributed by atoms with E-state index in [1.165, 1.54) is 10.3 Å². The quantitative estimate of drug-likeness (QED) is 0.634. The van der Waals surface area contributed by atoms with Gasteiger partial charge in [0.15, 0.2) is 0 Å². The van der Waals surface area contributed by atoms with Crippen molar-refractivity contribution in [2.75, 3.05) is 0 Å². The Morgan fingerprint density at radius 2 is 2.04 bits per heavy atom. The minimum absolute atomic E-state index is 0.0111. The van der Waals surface area contributed by atoms with Gasteiger partial charge in [-0.1, -0.05) is 29.3 Å². The second-order valence-electron chi connectivity index (χ2n) is 7.08. The number of nitrogens with zero attached hydrogens (tertiary/aromatic N) is 1. The maximum Gasteiger partial charge on any atom is 0.287 e. The first-order valence-electron chi connectivity index (χ1n) is 8.93. The van der Waals surface area contributed by atoms with Crippen molar-refractivity contribution < 1.29 is 0 Å². The lowest BCUT2D eigenvalue weighted by Crippen LogP contribution is -2.37. The molecule has 1 atom stereocenters. The van der Waals surface area contributed by atoms with Crippen LogP contribution >= 0.6 is 11.6 Å². The molecule has 2 N–H and O–H groups in total. The molecule has 0 spiro atoms. The average Bonchev–Trinajstić information content (AvgIpc) is 3.13. The molecule has 6 nitrogen and oxygen atoms in total. The van der Waals surface area contributed by atoms with E-state index in [2.05, 4.69) is 16.2 Å². The molecule has 2 aliphatic rings. The predicted molar refractivity (Wildman–Crippen MR) is 106 cm³/mol. The average molecular weight is 382 g/mol. The van der Waals surface area contributed by atoms with E-state index in [1.807, 2.05) is 6.08 Å². The van der Waals surface area contributed by atoms with Crippen molar-refractivity contribution in [2.24, 2.45) is 0 Å². The molecule has 2 heterocycles. The Morgan fingerprint density at radius 1 is 1.19 bits per heavy atom. The Balaban J connectivity index is 1.85. The summed E-state index contributed by atoms with van der Waals surface area (Å²) in [5.74, 6) is 0. The standard InChI is InChI=1S/C20H16ClN3O3/c21-11-7-8-13-14(9-11)22-17-16(18(13)25)20(27)24(23-19(17)26)15-6-2-4-10-3-1-5-12(10)15/h1,5,7-9,15H,2-4,6H2,(H,22,25)(H,23,26). The molecule has 0 saturated heterocycles. The first-order chi connectivity index (χ1) is 13.0. The Hall–Kier alpha value is -2.86. The molecule has 5 rings (SSSR count). The lowest BCUT2D eigenvalue weighted by Gasteiger charge is -2.26. The van der Waals surface area contributed by atoms with Crippen LogP contribution in [0.25, 0.3) is 21.8 Å². The third-order valence-corrected chi connectivity index (χ3v) is 5.78. The van der Waals surface area contributed by atoms with Crippen LogP contribution in [-0.2, 0) is 0 Å². The molecule has 0 fully saturated rings. The summed E-state index contributed by atoms with van der Waals surface area (Å²) in [6.45, 7) is 0. The highest BCUT2D eigenvalue weighted by Gasteiger charge is 2.27. The van der Waals surface area contributed by atoms with Crippen LogP contribution in [0.2, 0.25) is 5.02 Å². The molecule has 0 radical (unpaired) electrons. The number of aromatic amines is 2. The molecule has 0 amide bonds. The lowest BCUT2D eigenvalue weighted by atomic mass is 9.89. The summed E-state index contributed by atoms with van der Waals surface area (Å²) in [6.07, 6.45) is 7.72. The van der Waals surface area contributed by atoms with Gasteiger partial charge in [0.2, 0.25) is 5.43 Å². The van der Waals surface area contributed by atoms with Crippen molar-refractivity contribution in [3.05, 3.63) is 77.5 Å². The van der Waals surface area contributed by atoms with Gasteiger partial charge in [0.25, 0.3) is 11.1 Å². The summed E-state index contributed by atoms with van der Waals surface area (Å²) >= 11 is 5.99. The number of fused-ring (bicyclic) bond motifs is 2. The number of rotatable bonds is 1. The number of nitrogens with one attached hydrogen (secondary N) is 2. The molecule has 136 valence electrons. The van der Waals surface area contributed by atoms with E-state index in [9.17, 15) is 14.4 Å². The summed E-state index contributed by atoms with van der Waals surface area (Å²) in [4.78, 5) is 41.8. The fraction of sp³-hybridized carbons (Fsp3) is 0.250. The number of hydrogen-bond donors (Lipinski definition) is 2. The van der Waals surface area contributed by atoms with E-state index >= 15 is 0 Å². The van der Waals surface area contributed by atoms with E-state index in [0.29, 0.717) is 15.9 Å². The first kappa shape index (κ1) is 16.3. The van der Waals surface area contributed by atoms with Crippen LogP contribution in [0.3, 0.4) is 0 Å². The maximum atomic E-state index is 13.2. The van der Waals surface area contributed by atoms with E-state index in [1.54, 1.807) is 18.2 Å². The predicted octanol–water partition coefficient (Wildman–Crippen LogP) is 3.17. The summed E-state index contributed by atoms with van der Waals surface area (Å²) in [5, 5.41) is 3.36. The molecule has 0 aliphatic heterocycles. The fourth-order valence-corrected chi connectivity index (χ4v) is 4.46. The van der Waals surface area contributed by atoms with E-state index < -0.39 is 16.5 Å².